The Kier molecular flexibility index (Phi) is 8.02. The molecule has 0 saturated carbocycles. The van der Waals surface area contributed by atoms with Crippen molar-refractivity contribution in [2.45, 2.75) is 72.5 Å². The van der Waals surface area contributed by atoms with Crippen LogP contribution in [0.4, 0.5) is 0 Å². The highest BCUT2D eigenvalue weighted by atomic mass is 16.5. The van der Waals surface area contributed by atoms with Crippen LogP contribution in [0.3, 0.4) is 0 Å². The summed E-state index contributed by atoms with van der Waals surface area (Å²) in [7, 11) is 0. The van der Waals surface area contributed by atoms with Crippen LogP contribution in [-0.2, 0) is 0 Å². The van der Waals surface area contributed by atoms with E-state index in [1.54, 1.807) is 0 Å². The van der Waals surface area contributed by atoms with Crippen molar-refractivity contribution in [1.29, 1.82) is 0 Å². The van der Waals surface area contributed by atoms with Crippen LogP contribution in [0.15, 0.2) is 54.6 Å². The molecular weight excluding hydrogens is 308 g/mol. The zero-order chi connectivity index (χ0) is 18.9. The number of hydrogen-bond donors (Lipinski definition) is 0. The molecule has 2 nitrogen and oxygen atoms in total. The molecule has 2 aromatic rings. The number of benzene rings is 2. The van der Waals surface area contributed by atoms with E-state index < -0.39 is 0 Å². The highest BCUT2D eigenvalue weighted by Crippen LogP contribution is 2.23. The molecule has 0 aromatic heterocycles. The first kappa shape index (κ1) is 21.1. The lowest BCUT2D eigenvalue weighted by molar-refractivity contribution is 0.104. The van der Waals surface area contributed by atoms with Crippen LogP contribution >= 0.6 is 0 Å². The van der Waals surface area contributed by atoms with Gasteiger partial charge >= 0.3 is 0 Å². The molecule has 2 heteroatoms. The summed E-state index contributed by atoms with van der Waals surface area (Å²) in [6, 6.07) is 18.1. The minimum atomic E-state index is -0.0634. The van der Waals surface area contributed by atoms with Gasteiger partial charge in [-0.1, -0.05) is 50.2 Å². The van der Waals surface area contributed by atoms with Crippen molar-refractivity contribution < 1.29 is 9.47 Å². The van der Waals surface area contributed by atoms with E-state index >= 15 is 0 Å². The minimum Gasteiger partial charge on any atom is -0.488 e. The fraction of sp³-hybridized carbons (Fsp3) is 0.478. The summed E-state index contributed by atoms with van der Waals surface area (Å²) in [6.45, 7) is 14.8. The van der Waals surface area contributed by atoms with Crippen LogP contribution in [0.2, 0.25) is 0 Å². The Bertz CT molecular complexity index is 615. The van der Waals surface area contributed by atoms with Crippen molar-refractivity contribution in [1.82, 2.24) is 0 Å². The van der Waals surface area contributed by atoms with Crippen molar-refractivity contribution in [2.24, 2.45) is 0 Å². The molecule has 138 valence electrons. The maximum absolute atomic E-state index is 5.88. The van der Waals surface area contributed by atoms with E-state index in [2.05, 4.69) is 54.5 Å². The van der Waals surface area contributed by atoms with Crippen molar-refractivity contribution in [3.8, 4) is 11.5 Å². The Morgan fingerprint density at radius 3 is 1.68 bits per heavy atom. The van der Waals surface area contributed by atoms with Gasteiger partial charge in [-0.05, 0) is 71.2 Å². The van der Waals surface area contributed by atoms with E-state index in [-0.39, 0.29) is 11.2 Å². The van der Waals surface area contributed by atoms with E-state index in [9.17, 15) is 0 Å². The third-order valence-electron chi connectivity index (χ3n) is 4.32. The summed E-state index contributed by atoms with van der Waals surface area (Å²) < 4.78 is 11.6. The van der Waals surface area contributed by atoms with Crippen molar-refractivity contribution in [3.63, 3.8) is 0 Å². The molecule has 0 aliphatic rings. The Morgan fingerprint density at radius 1 is 0.680 bits per heavy atom. The molecule has 0 bridgehead atoms. The fourth-order valence-corrected chi connectivity index (χ4v) is 1.92. The van der Waals surface area contributed by atoms with Crippen LogP contribution in [-0.4, -0.2) is 11.2 Å². The molecule has 0 aliphatic heterocycles. The van der Waals surface area contributed by atoms with Gasteiger partial charge in [-0.3, -0.25) is 0 Å². The van der Waals surface area contributed by atoms with E-state index in [0.29, 0.717) is 0 Å². The maximum Gasteiger partial charge on any atom is 0.123 e. The summed E-state index contributed by atoms with van der Waals surface area (Å²) in [6.07, 6.45) is 2.03. The number of ether oxygens (including phenoxy) is 2. The van der Waals surface area contributed by atoms with Gasteiger partial charge < -0.3 is 9.47 Å². The molecule has 25 heavy (non-hydrogen) atoms. The zero-order valence-corrected chi connectivity index (χ0v) is 16.9. The van der Waals surface area contributed by atoms with Crippen molar-refractivity contribution in [3.05, 3.63) is 60.2 Å². The summed E-state index contributed by atoms with van der Waals surface area (Å²) in [5, 5.41) is 0. The van der Waals surface area contributed by atoms with Gasteiger partial charge in [-0.15, -0.1) is 0 Å². The first-order valence-electron chi connectivity index (χ1n) is 9.18. The molecule has 0 spiro atoms. The van der Waals surface area contributed by atoms with Crippen molar-refractivity contribution >= 4 is 0 Å². The molecule has 0 saturated heterocycles. The number of para-hydroxylation sites is 2. The fourth-order valence-electron chi connectivity index (χ4n) is 1.92. The zero-order valence-electron chi connectivity index (χ0n) is 16.9. The SMILES string of the molecule is CCC(C)(C)Oc1ccccc1.CCC(C)(C)Oc1ccccc1C. The number of aryl methyl sites for hydroxylation is 1. The Balaban J connectivity index is 0.000000251. The Hall–Kier alpha value is -1.96. The van der Waals surface area contributed by atoms with Gasteiger partial charge in [0.2, 0.25) is 0 Å². The molecule has 0 N–H and O–H groups in total. The standard InChI is InChI=1S/C12H18O.C11H16O/c1-5-12(3,4)13-11-9-7-6-8-10(11)2;1-4-11(2,3)12-10-8-6-5-7-9-10/h6-9H,5H2,1-4H3;5-9H,4H2,1-3H3. The highest BCUT2D eigenvalue weighted by Gasteiger charge is 2.17. The summed E-state index contributed by atoms with van der Waals surface area (Å²) in [4.78, 5) is 0. The van der Waals surface area contributed by atoms with Gasteiger partial charge in [0.1, 0.15) is 22.7 Å². The third kappa shape index (κ3) is 8.11. The van der Waals surface area contributed by atoms with E-state index in [1.807, 2.05) is 48.5 Å². The summed E-state index contributed by atoms with van der Waals surface area (Å²) in [5.41, 5.74) is 1.08. The van der Waals surface area contributed by atoms with Crippen molar-refractivity contribution in [2.75, 3.05) is 0 Å². The third-order valence-corrected chi connectivity index (χ3v) is 4.32. The molecule has 2 rings (SSSR count). The second-order valence-corrected chi connectivity index (χ2v) is 7.51. The first-order valence-corrected chi connectivity index (χ1v) is 9.18. The van der Waals surface area contributed by atoms with Crippen LogP contribution in [0.5, 0.6) is 11.5 Å². The van der Waals surface area contributed by atoms with Crippen LogP contribution in [0.25, 0.3) is 0 Å². The predicted octanol–water partition coefficient (Wildman–Crippen LogP) is 6.82. The molecule has 0 unspecified atom stereocenters. The maximum atomic E-state index is 5.88. The largest absolute Gasteiger partial charge is 0.488 e. The van der Waals surface area contributed by atoms with E-state index in [4.69, 9.17) is 9.47 Å². The molecule has 2 aromatic carbocycles. The highest BCUT2D eigenvalue weighted by molar-refractivity contribution is 5.32. The monoisotopic (exact) mass is 342 g/mol. The van der Waals surface area contributed by atoms with Gasteiger partial charge in [0.25, 0.3) is 0 Å². The molecule has 0 aliphatic carbocycles. The Morgan fingerprint density at radius 2 is 1.16 bits per heavy atom. The summed E-state index contributed by atoms with van der Waals surface area (Å²) in [5.74, 6) is 1.94. The van der Waals surface area contributed by atoms with Crippen LogP contribution < -0.4 is 9.47 Å². The van der Waals surface area contributed by atoms with Gasteiger partial charge in [-0.25, -0.2) is 0 Å². The molecule has 0 fully saturated rings. The predicted molar refractivity (Wildman–Crippen MR) is 108 cm³/mol. The first-order chi connectivity index (χ1) is 11.7. The van der Waals surface area contributed by atoms with Gasteiger partial charge in [0, 0.05) is 0 Å². The molecule has 0 amide bonds. The summed E-state index contributed by atoms with van der Waals surface area (Å²) >= 11 is 0. The second kappa shape index (κ2) is 9.50. The normalized spacial score (nSPS) is 11.3. The molecular formula is C23H34O2. The molecule has 0 heterocycles. The lowest BCUT2D eigenvalue weighted by atomic mass is 10.1. The van der Waals surface area contributed by atoms with Gasteiger partial charge in [0.05, 0.1) is 0 Å². The lowest BCUT2D eigenvalue weighted by Gasteiger charge is -2.25. The minimum absolute atomic E-state index is 0.0542. The smallest absolute Gasteiger partial charge is 0.123 e. The average Bonchev–Trinajstić information content (AvgIpc) is 2.58. The number of rotatable bonds is 6. The van der Waals surface area contributed by atoms with Gasteiger partial charge in [0.15, 0.2) is 0 Å². The van der Waals surface area contributed by atoms with E-state index in [1.165, 1.54) is 5.56 Å². The van der Waals surface area contributed by atoms with Gasteiger partial charge in [-0.2, -0.15) is 0 Å². The molecule has 0 radical (unpaired) electrons. The lowest BCUT2D eigenvalue weighted by Crippen LogP contribution is -2.27. The average molecular weight is 343 g/mol. The topological polar surface area (TPSA) is 18.5 Å². The second-order valence-electron chi connectivity index (χ2n) is 7.51. The van der Waals surface area contributed by atoms with Crippen LogP contribution in [0.1, 0.15) is 59.9 Å². The van der Waals surface area contributed by atoms with Crippen LogP contribution in [0, 0.1) is 6.92 Å². The molecule has 0 atom stereocenters. The quantitative estimate of drug-likeness (QED) is 0.573. The number of hydrogen-bond acceptors (Lipinski definition) is 2. The Labute approximate surface area is 154 Å². The van der Waals surface area contributed by atoms with E-state index in [0.717, 1.165) is 24.3 Å².